The highest BCUT2D eigenvalue weighted by atomic mass is 16.7. The van der Waals surface area contributed by atoms with E-state index in [-0.39, 0.29) is 23.7 Å². The van der Waals surface area contributed by atoms with Crippen molar-refractivity contribution in [3.8, 4) is 0 Å². The van der Waals surface area contributed by atoms with Gasteiger partial charge in [0.1, 0.15) is 6.29 Å². The Balaban J connectivity index is 2.19. The minimum atomic E-state index is -0.128. The summed E-state index contributed by atoms with van der Waals surface area (Å²) in [6.07, 6.45) is 28.0. The summed E-state index contributed by atoms with van der Waals surface area (Å²) in [5.74, 6) is -0.0844. The van der Waals surface area contributed by atoms with Gasteiger partial charge in [-0.2, -0.15) is 0 Å². The predicted molar refractivity (Wildman–Crippen MR) is 137 cm³/mol. The van der Waals surface area contributed by atoms with Gasteiger partial charge in [-0.15, -0.1) is 0 Å². The van der Waals surface area contributed by atoms with E-state index in [4.69, 9.17) is 9.47 Å². The van der Waals surface area contributed by atoms with Gasteiger partial charge in [0.15, 0.2) is 6.29 Å². The number of unbranched alkanes of at least 4 members (excludes halogenated alkanes) is 8. The number of ether oxygens (including phenoxy) is 2. The van der Waals surface area contributed by atoms with Crippen molar-refractivity contribution in [2.24, 2.45) is 11.3 Å². The van der Waals surface area contributed by atoms with Crippen LogP contribution < -0.4 is 0 Å². The number of hydrogen-bond acceptors (Lipinski definition) is 3. The van der Waals surface area contributed by atoms with E-state index >= 15 is 0 Å². The first-order chi connectivity index (χ1) is 15.5. The molecule has 3 nitrogen and oxygen atoms in total. The average molecular weight is 449 g/mol. The third kappa shape index (κ3) is 14.3. The standard InChI is InChI=1S/C29H52O3/c1-5-6-7-8-9-10-11-12-13-14-15-16-17-18-19-22-27(26(25-30)29(2,3)4)32-28-23-20-21-24-31-28/h9-10,12-13,25-28H,5-8,11,14-24H2,1-4H3/b10-9-,13-12-. The minimum absolute atomic E-state index is 0.0337. The zero-order valence-corrected chi connectivity index (χ0v) is 21.7. The van der Waals surface area contributed by atoms with Crippen LogP contribution in [0.1, 0.15) is 124 Å². The summed E-state index contributed by atoms with van der Waals surface area (Å²) in [7, 11) is 0. The topological polar surface area (TPSA) is 35.5 Å². The Morgan fingerprint density at radius 3 is 2.16 bits per heavy atom. The molecular formula is C29H52O3. The van der Waals surface area contributed by atoms with Crippen molar-refractivity contribution in [2.75, 3.05) is 6.61 Å². The van der Waals surface area contributed by atoms with Gasteiger partial charge in [-0.1, -0.05) is 90.5 Å². The highest BCUT2D eigenvalue weighted by molar-refractivity contribution is 5.55. The van der Waals surface area contributed by atoms with Crippen LogP contribution in [0.2, 0.25) is 0 Å². The monoisotopic (exact) mass is 448 g/mol. The second-order valence-corrected chi connectivity index (χ2v) is 10.5. The summed E-state index contributed by atoms with van der Waals surface area (Å²) < 4.78 is 12.1. The van der Waals surface area contributed by atoms with Gasteiger partial charge in [0.2, 0.25) is 0 Å². The molecule has 186 valence electrons. The molecular weight excluding hydrogens is 396 g/mol. The Hall–Kier alpha value is -0.930. The van der Waals surface area contributed by atoms with Crippen molar-refractivity contribution < 1.29 is 14.3 Å². The summed E-state index contributed by atoms with van der Waals surface area (Å²) >= 11 is 0. The van der Waals surface area contributed by atoms with Crippen molar-refractivity contribution in [2.45, 2.75) is 136 Å². The van der Waals surface area contributed by atoms with Crippen LogP contribution >= 0.6 is 0 Å². The maximum Gasteiger partial charge on any atom is 0.157 e. The lowest BCUT2D eigenvalue weighted by Gasteiger charge is -2.36. The molecule has 1 saturated heterocycles. The van der Waals surface area contributed by atoms with Gasteiger partial charge in [0.25, 0.3) is 0 Å². The lowest BCUT2D eigenvalue weighted by Crippen LogP contribution is -2.39. The molecule has 0 saturated carbocycles. The molecule has 1 heterocycles. The van der Waals surface area contributed by atoms with E-state index in [0.717, 1.165) is 51.4 Å². The third-order valence-corrected chi connectivity index (χ3v) is 6.45. The van der Waals surface area contributed by atoms with Crippen LogP contribution in [0.25, 0.3) is 0 Å². The van der Waals surface area contributed by atoms with Gasteiger partial charge in [0, 0.05) is 12.5 Å². The summed E-state index contributed by atoms with van der Waals surface area (Å²) in [5.41, 5.74) is -0.0852. The molecule has 0 spiro atoms. The molecule has 0 aromatic heterocycles. The molecule has 0 aromatic carbocycles. The molecule has 32 heavy (non-hydrogen) atoms. The van der Waals surface area contributed by atoms with E-state index in [1.807, 2.05) is 0 Å². The van der Waals surface area contributed by atoms with Gasteiger partial charge in [-0.3, -0.25) is 0 Å². The van der Waals surface area contributed by atoms with Crippen molar-refractivity contribution in [1.29, 1.82) is 0 Å². The van der Waals surface area contributed by atoms with E-state index in [9.17, 15) is 4.79 Å². The first-order valence-electron chi connectivity index (χ1n) is 13.5. The van der Waals surface area contributed by atoms with E-state index in [1.54, 1.807) is 0 Å². The van der Waals surface area contributed by atoms with Crippen molar-refractivity contribution in [3.63, 3.8) is 0 Å². The quantitative estimate of drug-likeness (QED) is 0.120. The van der Waals surface area contributed by atoms with Gasteiger partial charge in [0.05, 0.1) is 6.10 Å². The maximum absolute atomic E-state index is 11.9. The van der Waals surface area contributed by atoms with Crippen LogP contribution in [0, 0.1) is 11.3 Å². The van der Waals surface area contributed by atoms with Crippen LogP contribution in [-0.4, -0.2) is 25.3 Å². The molecule has 0 radical (unpaired) electrons. The smallest absolute Gasteiger partial charge is 0.157 e. The van der Waals surface area contributed by atoms with Crippen molar-refractivity contribution >= 4 is 6.29 Å². The summed E-state index contributed by atoms with van der Waals surface area (Å²) in [6.45, 7) is 9.45. The highest BCUT2D eigenvalue weighted by Gasteiger charge is 2.34. The first kappa shape index (κ1) is 29.1. The fourth-order valence-corrected chi connectivity index (χ4v) is 4.35. The molecule has 0 aromatic rings. The zero-order valence-electron chi connectivity index (χ0n) is 21.7. The fraction of sp³-hybridized carbons (Fsp3) is 0.828. The summed E-state index contributed by atoms with van der Waals surface area (Å²) in [6, 6.07) is 0. The average Bonchev–Trinajstić information content (AvgIpc) is 2.76. The minimum Gasteiger partial charge on any atom is -0.353 e. The van der Waals surface area contributed by atoms with Crippen LogP contribution in [0.15, 0.2) is 24.3 Å². The van der Waals surface area contributed by atoms with Crippen LogP contribution in [0.4, 0.5) is 0 Å². The lowest BCUT2D eigenvalue weighted by atomic mass is 9.77. The van der Waals surface area contributed by atoms with E-state index in [1.165, 1.54) is 57.8 Å². The molecule has 3 heteroatoms. The fourth-order valence-electron chi connectivity index (χ4n) is 4.35. The number of aldehydes is 1. The second kappa shape index (κ2) is 18.5. The Bertz CT molecular complexity index is 497. The normalized spacial score (nSPS) is 19.6. The Kier molecular flexibility index (Phi) is 16.8. The summed E-state index contributed by atoms with van der Waals surface area (Å²) in [5, 5.41) is 0. The van der Waals surface area contributed by atoms with Crippen LogP contribution in [0.5, 0.6) is 0 Å². The van der Waals surface area contributed by atoms with E-state index in [0.29, 0.717) is 0 Å². The summed E-state index contributed by atoms with van der Waals surface area (Å²) in [4.78, 5) is 11.9. The third-order valence-electron chi connectivity index (χ3n) is 6.45. The maximum atomic E-state index is 11.9. The molecule has 3 atom stereocenters. The predicted octanol–water partition coefficient (Wildman–Crippen LogP) is 8.57. The molecule has 0 N–H and O–H groups in total. The molecule has 0 bridgehead atoms. The second-order valence-electron chi connectivity index (χ2n) is 10.5. The number of carbonyl (C=O) groups excluding carboxylic acids is 1. The molecule has 0 aliphatic carbocycles. The number of carbonyl (C=O) groups is 1. The van der Waals surface area contributed by atoms with E-state index < -0.39 is 0 Å². The van der Waals surface area contributed by atoms with E-state index in [2.05, 4.69) is 52.0 Å². The zero-order chi connectivity index (χ0) is 23.5. The van der Waals surface area contributed by atoms with Gasteiger partial charge in [-0.25, -0.2) is 0 Å². The Morgan fingerprint density at radius 1 is 0.906 bits per heavy atom. The number of allylic oxidation sites excluding steroid dienone is 4. The van der Waals surface area contributed by atoms with Gasteiger partial charge >= 0.3 is 0 Å². The molecule has 1 rings (SSSR count). The Morgan fingerprint density at radius 2 is 1.56 bits per heavy atom. The highest BCUT2D eigenvalue weighted by Crippen LogP contribution is 2.33. The van der Waals surface area contributed by atoms with Gasteiger partial charge in [-0.05, 0) is 63.2 Å². The Labute approximate surface area is 199 Å². The van der Waals surface area contributed by atoms with Crippen molar-refractivity contribution in [3.05, 3.63) is 24.3 Å². The van der Waals surface area contributed by atoms with Gasteiger partial charge < -0.3 is 14.3 Å². The molecule has 1 aliphatic heterocycles. The first-order valence-corrected chi connectivity index (χ1v) is 13.5. The lowest BCUT2D eigenvalue weighted by molar-refractivity contribution is -0.205. The number of rotatable bonds is 18. The molecule has 3 unspecified atom stereocenters. The molecule has 1 fully saturated rings. The molecule has 0 amide bonds. The SMILES string of the molecule is CCCCC/C=C\C/C=C\CCCCCCCC(OC1CCCCO1)C(C=O)C(C)(C)C. The van der Waals surface area contributed by atoms with Crippen molar-refractivity contribution in [1.82, 2.24) is 0 Å². The van der Waals surface area contributed by atoms with Crippen LogP contribution in [-0.2, 0) is 14.3 Å². The molecule has 1 aliphatic rings. The van der Waals surface area contributed by atoms with Crippen LogP contribution in [0.3, 0.4) is 0 Å². The number of hydrogen-bond donors (Lipinski definition) is 0. The largest absolute Gasteiger partial charge is 0.353 e.